The van der Waals surface area contributed by atoms with Crippen LogP contribution < -0.4 is 9.47 Å². The highest BCUT2D eigenvalue weighted by Gasteiger charge is 2.12. The molecule has 1 aromatic heterocycles. The summed E-state index contributed by atoms with van der Waals surface area (Å²) in [4.78, 5) is 4.40. The number of rotatable bonds is 7. The van der Waals surface area contributed by atoms with Crippen molar-refractivity contribution in [1.29, 1.82) is 5.26 Å². The molecule has 0 N–H and O–H groups in total. The molecule has 0 spiro atoms. The summed E-state index contributed by atoms with van der Waals surface area (Å²) in [5.74, 6) is 1.34. The van der Waals surface area contributed by atoms with Crippen LogP contribution in [-0.4, -0.2) is 16.7 Å². The Kier molecular flexibility index (Phi) is 6.53. The molecule has 0 bridgehead atoms. The van der Waals surface area contributed by atoms with E-state index in [2.05, 4.69) is 33.6 Å². The molecule has 0 radical (unpaired) electrons. The van der Waals surface area contributed by atoms with Crippen molar-refractivity contribution >= 4 is 39.7 Å². The summed E-state index contributed by atoms with van der Waals surface area (Å²) in [6.45, 7) is 0.904. The van der Waals surface area contributed by atoms with Crippen LogP contribution in [0.4, 0.5) is 0 Å². The van der Waals surface area contributed by atoms with Crippen molar-refractivity contribution in [2.75, 3.05) is 7.11 Å². The second-order valence-electron chi connectivity index (χ2n) is 6.95. The predicted octanol–water partition coefficient (Wildman–Crippen LogP) is 5.84. The van der Waals surface area contributed by atoms with Gasteiger partial charge in [0, 0.05) is 5.57 Å². The van der Waals surface area contributed by atoms with Crippen LogP contribution in [0.2, 0.25) is 0 Å². The minimum atomic E-state index is 0.447. The molecule has 0 aliphatic heterocycles. The summed E-state index contributed by atoms with van der Waals surface area (Å²) in [7, 11) is 1.62. The molecule has 0 amide bonds. The minimum absolute atomic E-state index is 0.447. The zero-order chi connectivity index (χ0) is 21.6. The molecular weight excluding hydrogens is 501 g/mol. The Morgan fingerprint density at radius 2 is 1.90 bits per heavy atom. The molecule has 0 fully saturated rings. The Morgan fingerprint density at radius 1 is 1.13 bits per heavy atom. The van der Waals surface area contributed by atoms with Gasteiger partial charge in [0.15, 0.2) is 11.5 Å². The highest BCUT2D eigenvalue weighted by molar-refractivity contribution is 14.1. The van der Waals surface area contributed by atoms with Gasteiger partial charge < -0.3 is 14.0 Å². The van der Waals surface area contributed by atoms with E-state index in [1.165, 1.54) is 0 Å². The third-order valence-electron chi connectivity index (χ3n) is 4.83. The average molecular weight is 521 g/mol. The summed E-state index contributed by atoms with van der Waals surface area (Å²) in [6, 6.07) is 24.1. The molecule has 0 saturated carbocycles. The van der Waals surface area contributed by atoms with Gasteiger partial charge in [-0.05, 0) is 64.1 Å². The Morgan fingerprint density at radius 3 is 2.68 bits per heavy atom. The number of hydrogen-bond donors (Lipinski definition) is 0. The number of benzene rings is 3. The van der Waals surface area contributed by atoms with E-state index in [9.17, 15) is 5.26 Å². The van der Waals surface area contributed by atoms with Crippen molar-refractivity contribution in [2.45, 2.75) is 13.2 Å². The maximum atomic E-state index is 9.71. The number of aromatic nitrogens is 2. The summed E-state index contributed by atoms with van der Waals surface area (Å²) in [5.41, 5.74) is 4.51. The first-order valence-corrected chi connectivity index (χ1v) is 10.8. The molecule has 0 aliphatic carbocycles. The SMILES string of the molecule is COc1cc(/C=C(/C#N)Cn2cnc3ccccc32)cc(I)c1OCc1ccccc1. The van der Waals surface area contributed by atoms with E-state index in [4.69, 9.17) is 9.47 Å². The number of nitrogens with zero attached hydrogens (tertiary/aromatic N) is 3. The fourth-order valence-corrected chi connectivity index (χ4v) is 4.11. The number of fused-ring (bicyclic) bond motifs is 1. The molecule has 31 heavy (non-hydrogen) atoms. The van der Waals surface area contributed by atoms with Gasteiger partial charge in [0.05, 0.1) is 40.7 Å². The molecule has 154 valence electrons. The molecule has 0 unspecified atom stereocenters. The van der Waals surface area contributed by atoms with E-state index < -0.39 is 0 Å². The van der Waals surface area contributed by atoms with Crippen LogP contribution >= 0.6 is 22.6 Å². The standard InChI is InChI=1S/C25H20IN3O2/c1-30-24-13-19(12-21(26)25(24)31-16-18-7-3-2-4-8-18)11-20(14-27)15-29-17-28-22-9-5-6-10-23(22)29/h2-13,17H,15-16H2,1H3/b20-11-. The first-order chi connectivity index (χ1) is 15.2. The fraction of sp³-hybridized carbons (Fsp3) is 0.120. The zero-order valence-corrected chi connectivity index (χ0v) is 19.1. The van der Waals surface area contributed by atoms with Gasteiger partial charge in [-0.2, -0.15) is 5.26 Å². The first-order valence-electron chi connectivity index (χ1n) is 9.72. The highest BCUT2D eigenvalue weighted by Crippen LogP contribution is 2.35. The number of hydrogen-bond acceptors (Lipinski definition) is 4. The lowest BCUT2D eigenvalue weighted by atomic mass is 10.1. The van der Waals surface area contributed by atoms with Gasteiger partial charge in [0.1, 0.15) is 6.61 Å². The Bertz CT molecular complexity index is 1270. The quantitative estimate of drug-likeness (QED) is 0.227. The largest absolute Gasteiger partial charge is 0.493 e. The number of allylic oxidation sites excluding steroid dienone is 1. The molecule has 4 rings (SSSR count). The fourth-order valence-electron chi connectivity index (χ4n) is 3.33. The van der Waals surface area contributed by atoms with Gasteiger partial charge >= 0.3 is 0 Å². The van der Waals surface area contributed by atoms with Crippen LogP contribution in [0.3, 0.4) is 0 Å². The molecule has 3 aromatic carbocycles. The number of imidazole rings is 1. The monoisotopic (exact) mass is 521 g/mol. The zero-order valence-electron chi connectivity index (χ0n) is 17.0. The second kappa shape index (κ2) is 9.67. The maximum Gasteiger partial charge on any atom is 0.174 e. The lowest BCUT2D eigenvalue weighted by molar-refractivity contribution is 0.282. The molecular formula is C25H20IN3O2. The third-order valence-corrected chi connectivity index (χ3v) is 5.63. The molecule has 0 aliphatic rings. The van der Waals surface area contributed by atoms with E-state index in [0.29, 0.717) is 30.2 Å². The van der Waals surface area contributed by atoms with Gasteiger partial charge in [0.2, 0.25) is 0 Å². The summed E-state index contributed by atoms with van der Waals surface area (Å²) >= 11 is 2.24. The van der Waals surface area contributed by atoms with Gasteiger partial charge in [-0.25, -0.2) is 4.98 Å². The topological polar surface area (TPSA) is 60.1 Å². The number of methoxy groups -OCH3 is 1. The van der Waals surface area contributed by atoms with Crippen molar-refractivity contribution in [3.8, 4) is 17.6 Å². The molecule has 0 atom stereocenters. The van der Waals surface area contributed by atoms with Crippen molar-refractivity contribution in [3.63, 3.8) is 0 Å². The van der Waals surface area contributed by atoms with Crippen molar-refractivity contribution in [1.82, 2.24) is 9.55 Å². The third kappa shape index (κ3) is 4.89. The predicted molar refractivity (Wildman–Crippen MR) is 130 cm³/mol. The highest BCUT2D eigenvalue weighted by atomic mass is 127. The summed E-state index contributed by atoms with van der Waals surface area (Å²) in [6.07, 6.45) is 3.64. The molecule has 5 nitrogen and oxygen atoms in total. The van der Waals surface area contributed by atoms with Crippen molar-refractivity contribution < 1.29 is 9.47 Å². The van der Waals surface area contributed by atoms with Crippen LogP contribution in [-0.2, 0) is 13.2 Å². The lowest BCUT2D eigenvalue weighted by Gasteiger charge is -2.14. The Balaban J connectivity index is 1.58. The number of nitriles is 1. The average Bonchev–Trinajstić information content (AvgIpc) is 3.21. The normalized spacial score (nSPS) is 11.3. The number of halogens is 1. The van der Waals surface area contributed by atoms with Gasteiger partial charge in [-0.3, -0.25) is 0 Å². The van der Waals surface area contributed by atoms with Gasteiger partial charge in [-0.1, -0.05) is 42.5 Å². The first kappa shape index (κ1) is 20.9. The van der Waals surface area contributed by atoms with Crippen LogP contribution in [0.15, 0.2) is 78.6 Å². The lowest BCUT2D eigenvalue weighted by Crippen LogP contribution is -2.01. The smallest absolute Gasteiger partial charge is 0.174 e. The number of ether oxygens (including phenoxy) is 2. The van der Waals surface area contributed by atoms with Crippen LogP contribution in [0.25, 0.3) is 17.1 Å². The van der Waals surface area contributed by atoms with Gasteiger partial charge in [-0.15, -0.1) is 0 Å². The summed E-state index contributed by atoms with van der Waals surface area (Å²) in [5, 5.41) is 9.71. The van der Waals surface area contributed by atoms with Crippen molar-refractivity contribution in [2.24, 2.45) is 0 Å². The van der Waals surface area contributed by atoms with E-state index in [1.807, 2.05) is 77.4 Å². The van der Waals surface area contributed by atoms with Crippen LogP contribution in [0.1, 0.15) is 11.1 Å². The van der Waals surface area contributed by atoms with Gasteiger partial charge in [0.25, 0.3) is 0 Å². The minimum Gasteiger partial charge on any atom is -0.493 e. The van der Waals surface area contributed by atoms with Crippen LogP contribution in [0.5, 0.6) is 11.5 Å². The Labute approximate surface area is 194 Å². The molecule has 0 saturated heterocycles. The molecule has 4 aromatic rings. The van der Waals surface area contributed by atoms with E-state index >= 15 is 0 Å². The van der Waals surface area contributed by atoms with Crippen LogP contribution in [0, 0.1) is 14.9 Å². The number of para-hydroxylation sites is 2. The molecule has 6 heteroatoms. The van der Waals surface area contributed by atoms with E-state index in [-0.39, 0.29) is 0 Å². The van der Waals surface area contributed by atoms with E-state index in [1.54, 1.807) is 13.4 Å². The van der Waals surface area contributed by atoms with Crippen molar-refractivity contribution in [3.05, 3.63) is 93.3 Å². The van der Waals surface area contributed by atoms with E-state index in [0.717, 1.165) is 25.7 Å². The summed E-state index contributed by atoms with van der Waals surface area (Å²) < 4.78 is 14.5. The Hall–Kier alpha value is -3.31. The maximum absolute atomic E-state index is 9.71. The molecule has 1 heterocycles. The second-order valence-corrected chi connectivity index (χ2v) is 8.11.